The third kappa shape index (κ3) is 13.1. The zero-order valence-electron chi connectivity index (χ0n) is 69.7. The van der Waals surface area contributed by atoms with Gasteiger partial charge in [-0.15, -0.1) is 0 Å². The Morgan fingerprint density at radius 1 is 0.169 bits per heavy atom. The van der Waals surface area contributed by atoms with E-state index >= 15 is 0 Å². The van der Waals surface area contributed by atoms with Crippen LogP contribution in [0.25, 0.3) is 256 Å². The van der Waals surface area contributed by atoms with Crippen molar-refractivity contribution in [3.8, 4) is 147 Å². The molecule has 9 heterocycles. The summed E-state index contributed by atoms with van der Waals surface area (Å²) in [4.78, 5) is 63.0. The number of para-hydroxylation sites is 4. The second-order valence-corrected chi connectivity index (χ2v) is 32.6. The number of nitrogens with zero attached hydrogens (tertiary/aromatic N) is 14. The van der Waals surface area contributed by atoms with Crippen LogP contribution >= 0.6 is 0 Å². The molecule has 0 N–H and O–H groups in total. The molecule has 26 rings (SSSR count). The Bertz CT molecular complexity index is 7860. The number of benzene rings is 17. The molecule has 130 heavy (non-hydrogen) atoms. The second-order valence-electron chi connectivity index (χ2n) is 32.6. The van der Waals surface area contributed by atoms with E-state index < -0.39 is 0 Å². The molecule has 14 nitrogen and oxygen atoms in total. The van der Waals surface area contributed by atoms with Gasteiger partial charge in [-0.1, -0.05) is 315 Å². The van der Waals surface area contributed by atoms with Crippen molar-refractivity contribution in [1.29, 1.82) is 0 Å². The van der Waals surface area contributed by atoms with Crippen LogP contribution in [0.1, 0.15) is 0 Å². The average molecular weight is 1660 g/mol. The summed E-state index contributed by atoms with van der Waals surface area (Å²) in [6.07, 6.45) is 3.83. The van der Waals surface area contributed by atoms with Gasteiger partial charge >= 0.3 is 0 Å². The quantitative estimate of drug-likeness (QED) is 0.0948. The lowest BCUT2D eigenvalue weighted by molar-refractivity contribution is 0.980. The van der Waals surface area contributed by atoms with Gasteiger partial charge in [-0.2, -0.15) is 0 Å². The summed E-state index contributed by atoms with van der Waals surface area (Å²) in [5.41, 5.74) is 26.8. The molecule has 26 aromatic rings. The Morgan fingerprint density at radius 3 is 0.815 bits per heavy atom. The van der Waals surface area contributed by atoms with E-state index in [1.54, 1.807) is 0 Å². The van der Waals surface area contributed by atoms with Crippen LogP contribution in [0.2, 0.25) is 0 Å². The van der Waals surface area contributed by atoms with Crippen LogP contribution in [0.3, 0.4) is 0 Å². The Hall–Kier alpha value is -17.9. The van der Waals surface area contributed by atoms with Gasteiger partial charge in [0.05, 0.1) is 78.3 Å². The third-order valence-corrected chi connectivity index (χ3v) is 24.9. The molecule has 0 bridgehead atoms. The first kappa shape index (κ1) is 74.7. The summed E-state index contributed by atoms with van der Waals surface area (Å²) in [5, 5.41) is 13.3. The molecule has 0 saturated carbocycles. The Kier molecular flexibility index (Phi) is 17.9. The highest BCUT2D eigenvalue weighted by molar-refractivity contribution is 6.25. The summed E-state index contributed by atoms with van der Waals surface area (Å²) in [6, 6.07) is 143. The van der Waals surface area contributed by atoms with Gasteiger partial charge in [0.2, 0.25) is 5.95 Å². The minimum Gasteiger partial charge on any atom is -0.309 e. The summed E-state index contributed by atoms with van der Waals surface area (Å²) in [5.74, 6) is 2.60. The predicted octanol–water partition coefficient (Wildman–Crippen LogP) is 28.1. The van der Waals surface area contributed by atoms with Crippen LogP contribution < -0.4 is 0 Å². The molecular weight excluding hydrogens is 1590 g/mol. The van der Waals surface area contributed by atoms with E-state index in [9.17, 15) is 0 Å². The molecule has 0 atom stereocenters. The Labute approximate surface area is 745 Å². The molecule has 604 valence electrons. The third-order valence-electron chi connectivity index (χ3n) is 24.9. The number of aromatic nitrogens is 14. The van der Waals surface area contributed by atoms with E-state index in [4.69, 9.17) is 59.8 Å². The van der Waals surface area contributed by atoms with Crippen LogP contribution in [0.4, 0.5) is 0 Å². The molecule has 17 aromatic carbocycles. The normalized spacial score (nSPS) is 11.7. The first-order valence-electron chi connectivity index (χ1n) is 43.4. The highest BCUT2D eigenvalue weighted by Gasteiger charge is 2.26. The molecule has 0 radical (unpaired) electrons. The number of hydrogen-bond acceptors (Lipinski definition) is 12. The predicted molar refractivity (Wildman–Crippen MR) is 528 cm³/mol. The van der Waals surface area contributed by atoms with E-state index in [0.717, 1.165) is 183 Å². The highest BCUT2D eigenvalue weighted by atomic mass is 15.2. The molecule has 0 aliphatic carbocycles. The smallest absolute Gasteiger partial charge is 0.236 e. The molecule has 0 amide bonds. The molecule has 0 fully saturated rings. The van der Waals surface area contributed by atoms with Gasteiger partial charge in [0, 0.05) is 106 Å². The fraction of sp³-hybridized carbons (Fsp3) is 0. The average Bonchev–Trinajstić information content (AvgIpc) is 1.56. The summed E-state index contributed by atoms with van der Waals surface area (Å²) < 4.78 is 4.52. The van der Waals surface area contributed by atoms with E-state index in [0.29, 0.717) is 40.6 Å². The van der Waals surface area contributed by atoms with Crippen molar-refractivity contribution in [3.05, 3.63) is 425 Å². The van der Waals surface area contributed by atoms with Gasteiger partial charge in [-0.05, 0) is 141 Å². The van der Waals surface area contributed by atoms with Gasteiger partial charge in [-0.3, -0.25) is 14.5 Å². The van der Waals surface area contributed by atoms with Crippen molar-refractivity contribution >= 4 is 109 Å². The zero-order chi connectivity index (χ0) is 85.7. The first-order chi connectivity index (χ1) is 64.4. The van der Waals surface area contributed by atoms with Crippen LogP contribution in [-0.4, -0.2) is 68.9 Å². The van der Waals surface area contributed by atoms with Crippen molar-refractivity contribution < 1.29 is 0 Å². The first-order valence-corrected chi connectivity index (χ1v) is 43.4. The largest absolute Gasteiger partial charge is 0.309 e. The topological polar surface area (TPSA) is 165 Å². The van der Waals surface area contributed by atoms with E-state index in [1.807, 2.05) is 128 Å². The van der Waals surface area contributed by atoms with E-state index in [2.05, 4.69) is 306 Å². The molecule has 0 unspecified atom stereocenters. The lowest BCUT2D eigenvalue weighted by Crippen LogP contribution is -2.07. The molecule has 0 aliphatic heterocycles. The van der Waals surface area contributed by atoms with Crippen molar-refractivity contribution in [2.45, 2.75) is 0 Å². The fourth-order valence-electron chi connectivity index (χ4n) is 18.7. The van der Waals surface area contributed by atoms with Crippen molar-refractivity contribution in [2.24, 2.45) is 0 Å². The number of rotatable bonds is 14. The number of hydrogen-bond donors (Lipinski definition) is 0. The van der Waals surface area contributed by atoms with Crippen molar-refractivity contribution in [2.75, 3.05) is 0 Å². The maximum atomic E-state index is 5.39. The fourth-order valence-corrected chi connectivity index (χ4v) is 18.7. The van der Waals surface area contributed by atoms with Crippen LogP contribution in [0.15, 0.2) is 425 Å². The maximum absolute atomic E-state index is 5.39. The highest BCUT2D eigenvalue weighted by Crippen LogP contribution is 2.45. The minimum absolute atomic E-state index is 0.473. The lowest BCUT2D eigenvalue weighted by Gasteiger charge is -2.15. The van der Waals surface area contributed by atoms with Crippen LogP contribution in [-0.2, 0) is 0 Å². The molecule has 14 heteroatoms. The van der Waals surface area contributed by atoms with Crippen LogP contribution in [0.5, 0.6) is 0 Å². The second kappa shape index (κ2) is 31.1. The number of pyridine rings is 2. The van der Waals surface area contributed by atoms with E-state index in [1.165, 1.54) is 32.3 Å². The Morgan fingerprint density at radius 2 is 0.462 bits per heavy atom. The standard InChI is InChI=1S/2C58H35N7/c1-3-13-36(14-4-1)38-25-31-42(32-26-38)54-44-19-7-9-21-46(44)59-56(63-54)48-35-49(62-58(61-48)65-50-23-11-17-40-29-30-41-18-12-24-51(65)53(41)52(40)50)57-60-47-22-10-8-20-45(47)55(64-57)43-33-27-39(28-34-43)37-15-5-2-6-16-37;1-3-13-36(14-4-1)47-29-27-40(34-59-47)55-45-19-7-9-21-49(45)61-57(63-55)42-31-43(33-44(32-42)65-51-23-11-17-38-25-26-39-18-12-24-52(65)54(39)53(38)51)58-62-50-22-10-8-20-46(50)56(64-58)41-28-30-48(60-35-41)37-15-5-2-6-16-37/h2*1-35H. The minimum atomic E-state index is 0.473. The summed E-state index contributed by atoms with van der Waals surface area (Å²) in [6.45, 7) is 0. The summed E-state index contributed by atoms with van der Waals surface area (Å²) in [7, 11) is 0. The lowest BCUT2D eigenvalue weighted by atomic mass is 10.0. The Balaban J connectivity index is 0.000000140. The van der Waals surface area contributed by atoms with Gasteiger partial charge in [-0.25, -0.2) is 49.8 Å². The molecule has 9 aromatic heterocycles. The van der Waals surface area contributed by atoms with E-state index in [-0.39, 0.29) is 0 Å². The van der Waals surface area contributed by atoms with Crippen molar-refractivity contribution in [1.82, 2.24) is 68.9 Å². The molecule has 0 saturated heterocycles. The van der Waals surface area contributed by atoms with Crippen molar-refractivity contribution in [3.63, 3.8) is 0 Å². The monoisotopic (exact) mass is 1660 g/mol. The molecular formula is C116H70N14. The van der Waals surface area contributed by atoms with Gasteiger partial charge in [0.25, 0.3) is 0 Å². The SMILES string of the molecule is c1ccc(-c2ccc(-c3nc(-c4cc(-c5nc(-c6ccc(-c7ccccc7)cc6)c6ccccc6n5)nc(-n5c6cccc7ccc8cccc5c8c76)n4)nc4ccccc34)cc2)cc1.c1ccc(-c2ccc(-c3nc(-c4cc(-c5nc(-c6ccc(-c7ccccc7)nc6)c6ccccc6n5)cc(-n5c6cccc7ccc8cccc5c8c76)c4)nc4ccccc34)cn2)cc1. The van der Waals surface area contributed by atoms with Gasteiger partial charge < -0.3 is 4.57 Å². The van der Waals surface area contributed by atoms with Gasteiger partial charge in [0.1, 0.15) is 11.4 Å². The maximum Gasteiger partial charge on any atom is 0.236 e. The molecule has 0 spiro atoms. The van der Waals surface area contributed by atoms with Gasteiger partial charge in [0.15, 0.2) is 23.3 Å². The van der Waals surface area contributed by atoms with Crippen LogP contribution in [0, 0.1) is 0 Å². The zero-order valence-corrected chi connectivity index (χ0v) is 69.7. The molecule has 0 aliphatic rings. The summed E-state index contributed by atoms with van der Waals surface area (Å²) >= 11 is 0. The number of fused-ring (bicyclic) bond motifs is 4.